The van der Waals surface area contributed by atoms with Gasteiger partial charge in [-0.1, -0.05) is 0 Å². The second-order valence-corrected chi connectivity index (χ2v) is 9.09. The SMILES string of the molecule is O=C(O[C@@H]1CO[C@]2(CCCCO2)[C@H](OC(=O)c2cc([N+](=O)[O-])cc([N+](=O)[O-])c2)C1)c1cc([N+](=O)[O-])cc([N+](=O)[O-])c1. The van der Waals surface area contributed by atoms with E-state index in [4.69, 9.17) is 18.9 Å². The molecule has 41 heavy (non-hydrogen) atoms. The van der Waals surface area contributed by atoms with Gasteiger partial charge in [0.25, 0.3) is 22.7 Å². The molecular weight excluding hydrogens is 556 g/mol. The minimum absolute atomic E-state index is 0.217. The largest absolute Gasteiger partial charge is 0.456 e. The predicted molar refractivity (Wildman–Crippen MR) is 131 cm³/mol. The number of esters is 2. The second-order valence-electron chi connectivity index (χ2n) is 9.09. The quantitative estimate of drug-likeness (QED) is 0.248. The van der Waals surface area contributed by atoms with E-state index in [0.717, 1.165) is 24.3 Å². The zero-order valence-electron chi connectivity index (χ0n) is 20.9. The van der Waals surface area contributed by atoms with Gasteiger partial charge in [0.05, 0.1) is 56.2 Å². The fourth-order valence-electron chi connectivity index (χ4n) is 4.46. The van der Waals surface area contributed by atoms with Gasteiger partial charge in [-0.15, -0.1) is 0 Å². The van der Waals surface area contributed by atoms with Crippen LogP contribution >= 0.6 is 0 Å². The summed E-state index contributed by atoms with van der Waals surface area (Å²) in [6.07, 6.45) is -1.04. The molecule has 0 radical (unpaired) electrons. The molecule has 18 heteroatoms. The molecule has 3 atom stereocenters. The Morgan fingerprint density at radius 2 is 1.17 bits per heavy atom. The van der Waals surface area contributed by atoms with Crippen molar-refractivity contribution >= 4 is 34.7 Å². The Hall–Kier alpha value is -5.10. The van der Waals surface area contributed by atoms with Crippen molar-refractivity contribution in [3.05, 3.63) is 88.0 Å². The number of nitro groups is 4. The summed E-state index contributed by atoms with van der Waals surface area (Å²) in [7, 11) is 0. The van der Waals surface area contributed by atoms with Crippen molar-refractivity contribution in [3.63, 3.8) is 0 Å². The predicted octanol–water partition coefficient (Wildman–Crippen LogP) is 3.39. The van der Waals surface area contributed by atoms with Gasteiger partial charge in [-0.3, -0.25) is 40.5 Å². The molecule has 2 heterocycles. The van der Waals surface area contributed by atoms with Gasteiger partial charge in [0.2, 0.25) is 5.79 Å². The first-order valence-electron chi connectivity index (χ1n) is 12.0. The third-order valence-electron chi connectivity index (χ3n) is 6.39. The average molecular weight is 576 g/mol. The van der Waals surface area contributed by atoms with E-state index < -0.39 is 83.5 Å². The van der Waals surface area contributed by atoms with Crippen LogP contribution in [0.25, 0.3) is 0 Å². The minimum atomic E-state index is -1.46. The number of nitro benzene ring substituents is 4. The van der Waals surface area contributed by atoms with Gasteiger partial charge >= 0.3 is 11.9 Å². The minimum Gasteiger partial charge on any atom is -0.456 e. The van der Waals surface area contributed by atoms with E-state index >= 15 is 0 Å². The van der Waals surface area contributed by atoms with Crippen LogP contribution in [-0.4, -0.2) is 62.8 Å². The highest BCUT2D eigenvalue weighted by Crippen LogP contribution is 2.38. The summed E-state index contributed by atoms with van der Waals surface area (Å²) in [4.78, 5) is 67.0. The zero-order valence-corrected chi connectivity index (χ0v) is 20.9. The van der Waals surface area contributed by atoms with Gasteiger partial charge in [-0.05, 0) is 12.8 Å². The summed E-state index contributed by atoms with van der Waals surface area (Å²) < 4.78 is 22.6. The Kier molecular flexibility index (Phi) is 8.15. The second kappa shape index (κ2) is 11.6. The average Bonchev–Trinajstić information content (AvgIpc) is 2.94. The molecule has 0 N–H and O–H groups in total. The van der Waals surface area contributed by atoms with Crippen LogP contribution < -0.4 is 0 Å². The molecule has 2 aliphatic heterocycles. The van der Waals surface area contributed by atoms with Crippen molar-refractivity contribution in [2.45, 2.75) is 43.7 Å². The van der Waals surface area contributed by atoms with Crippen molar-refractivity contribution in [1.29, 1.82) is 0 Å². The van der Waals surface area contributed by atoms with Gasteiger partial charge in [0.15, 0.2) is 6.10 Å². The number of hydrogen-bond acceptors (Lipinski definition) is 14. The van der Waals surface area contributed by atoms with E-state index in [1.165, 1.54) is 0 Å². The topological polar surface area (TPSA) is 244 Å². The van der Waals surface area contributed by atoms with Gasteiger partial charge in [-0.2, -0.15) is 0 Å². The lowest BCUT2D eigenvalue weighted by Crippen LogP contribution is -2.57. The van der Waals surface area contributed by atoms with Crippen molar-refractivity contribution in [2.24, 2.45) is 0 Å². The Morgan fingerprint density at radius 1 is 0.707 bits per heavy atom. The van der Waals surface area contributed by atoms with Crippen LogP contribution in [0.15, 0.2) is 36.4 Å². The van der Waals surface area contributed by atoms with Crippen molar-refractivity contribution in [1.82, 2.24) is 0 Å². The maximum absolute atomic E-state index is 13.0. The van der Waals surface area contributed by atoms with E-state index in [0.29, 0.717) is 25.0 Å². The first-order valence-corrected chi connectivity index (χ1v) is 12.0. The van der Waals surface area contributed by atoms with Crippen molar-refractivity contribution < 1.29 is 48.2 Å². The number of carbonyl (C=O) groups is 2. The number of benzene rings is 2. The standard InChI is InChI=1S/C23H20N4O14/c28-21(13-5-15(24(30)31)9-16(6-13)25(32)33)40-19-11-20(23(39-12-19)3-1-2-4-38-23)41-22(29)14-7-17(26(34)35)10-18(8-14)27(36)37/h5-10,19-20H,1-4,11-12H2/t19-,20+,23+/m0/s1. The van der Waals surface area contributed by atoms with Gasteiger partial charge < -0.3 is 18.9 Å². The van der Waals surface area contributed by atoms with E-state index in [2.05, 4.69) is 0 Å². The summed E-state index contributed by atoms with van der Waals surface area (Å²) in [6.45, 7) is -0.0166. The van der Waals surface area contributed by atoms with Crippen molar-refractivity contribution in [2.75, 3.05) is 13.2 Å². The lowest BCUT2D eigenvalue weighted by atomic mass is 9.93. The Labute approximate surface area is 228 Å². The molecule has 0 bridgehead atoms. The highest BCUT2D eigenvalue weighted by Gasteiger charge is 2.50. The van der Waals surface area contributed by atoms with Gasteiger partial charge in [0.1, 0.15) is 6.10 Å². The molecule has 2 aromatic rings. The number of rotatable bonds is 8. The molecule has 2 fully saturated rings. The van der Waals surface area contributed by atoms with Crippen LogP contribution in [0.1, 0.15) is 46.4 Å². The Balaban J connectivity index is 1.58. The maximum Gasteiger partial charge on any atom is 0.339 e. The molecule has 0 saturated carbocycles. The third-order valence-corrected chi connectivity index (χ3v) is 6.39. The maximum atomic E-state index is 13.0. The molecule has 2 aliphatic rings. The van der Waals surface area contributed by atoms with E-state index in [1.54, 1.807) is 0 Å². The fourth-order valence-corrected chi connectivity index (χ4v) is 4.46. The molecule has 4 rings (SSSR count). The molecule has 0 aliphatic carbocycles. The van der Waals surface area contributed by atoms with Crippen LogP contribution in [-0.2, 0) is 18.9 Å². The monoisotopic (exact) mass is 576 g/mol. The molecule has 0 unspecified atom stereocenters. The highest BCUT2D eigenvalue weighted by atomic mass is 16.7. The number of nitrogens with zero attached hydrogens (tertiary/aromatic N) is 4. The number of hydrogen-bond donors (Lipinski definition) is 0. The molecule has 0 amide bonds. The molecule has 1 spiro atoms. The molecule has 18 nitrogen and oxygen atoms in total. The first-order chi connectivity index (χ1) is 19.4. The summed E-state index contributed by atoms with van der Waals surface area (Å²) in [5.74, 6) is -3.78. The Bertz CT molecular complexity index is 1370. The van der Waals surface area contributed by atoms with Crippen molar-refractivity contribution in [3.8, 4) is 0 Å². The fraction of sp³-hybridized carbons (Fsp3) is 0.391. The smallest absolute Gasteiger partial charge is 0.339 e. The number of ether oxygens (including phenoxy) is 4. The third kappa shape index (κ3) is 6.39. The van der Waals surface area contributed by atoms with E-state index in [-0.39, 0.29) is 26.1 Å². The molecular formula is C23H20N4O14. The summed E-state index contributed by atoms with van der Waals surface area (Å²) in [6, 6.07) is 4.58. The Morgan fingerprint density at radius 3 is 1.59 bits per heavy atom. The normalized spacial score (nSPS) is 22.0. The summed E-state index contributed by atoms with van der Waals surface area (Å²) in [5.41, 5.74) is -3.81. The molecule has 2 aromatic carbocycles. The molecule has 2 saturated heterocycles. The summed E-state index contributed by atoms with van der Waals surface area (Å²) in [5, 5.41) is 44.8. The van der Waals surface area contributed by atoms with Crippen LogP contribution in [0.2, 0.25) is 0 Å². The van der Waals surface area contributed by atoms with Crippen LogP contribution in [0.5, 0.6) is 0 Å². The number of non-ortho nitro benzene ring substituents is 4. The van der Waals surface area contributed by atoms with E-state index in [9.17, 15) is 50.0 Å². The molecule has 0 aromatic heterocycles. The first kappa shape index (κ1) is 28.9. The lowest BCUT2D eigenvalue weighted by molar-refractivity contribution is -0.394. The van der Waals surface area contributed by atoms with Crippen LogP contribution in [0, 0.1) is 40.5 Å². The van der Waals surface area contributed by atoms with Crippen LogP contribution in [0.4, 0.5) is 22.7 Å². The van der Waals surface area contributed by atoms with Gasteiger partial charge in [0, 0.05) is 37.1 Å². The zero-order chi connectivity index (χ0) is 29.9. The summed E-state index contributed by atoms with van der Waals surface area (Å²) >= 11 is 0. The number of carbonyl (C=O) groups excluding carboxylic acids is 2. The highest BCUT2D eigenvalue weighted by molar-refractivity contribution is 5.92. The van der Waals surface area contributed by atoms with Crippen LogP contribution in [0.3, 0.4) is 0 Å². The lowest BCUT2D eigenvalue weighted by Gasteiger charge is -2.46. The molecule has 216 valence electrons. The van der Waals surface area contributed by atoms with Gasteiger partial charge in [-0.25, -0.2) is 9.59 Å². The van der Waals surface area contributed by atoms with E-state index in [1.807, 2.05) is 0 Å².